The van der Waals surface area contributed by atoms with Gasteiger partial charge in [-0.2, -0.15) is 0 Å². The fourth-order valence-electron chi connectivity index (χ4n) is 1.33. The molecule has 1 amide bonds. The van der Waals surface area contributed by atoms with Crippen LogP contribution in [-0.2, 0) is 4.79 Å². The normalized spacial score (nSPS) is 12.9. The highest BCUT2D eigenvalue weighted by Crippen LogP contribution is 2.02. The second-order valence-corrected chi connectivity index (χ2v) is 3.86. The van der Waals surface area contributed by atoms with Gasteiger partial charge in [-0.1, -0.05) is 33.6 Å². The minimum atomic E-state index is -0.350. The Bertz CT molecular complexity index is 160. The van der Waals surface area contributed by atoms with E-state index in [1.165, 1.54) is 12.8 Å². The Morgan fingerprint density at radius 2 is 2.00 bits per heavy atom. The largest absolute Gasteiger partial charge is 0.306 e. The highest BCUT2D eigenvalue weighted by Gasteiger charge is 2.20. The van der Waals surface area contributed by atoms with Crippen molar-refractivity contribution in [3.63, 3.8) is 0 Å². The van der Waals surface area contributed by atoms with Crippen LogP contribution in [0.4, 0.5) is 0 Å². The van der Waals surface area contributed by atoms with E-state index in [0.29, 0.717) is 0 Å². The summed E-state index contributed by atoms with van der Waals surface area (Å²) in [6.45, 7) is 6.87. The molecule has 0 saturated heterocycles. The molecule has 3 N–H and O–H groups in total. The van der Waals surface area contributed by atoms with Gasteiger partial charge in [0.05, 0.1) is 6.04 Å². The lowest BCUT2D eigenvalue weighted by atomic mass is 10.0. The molecule has 14 heavy (non-hydrogen) atoms. The number of amides is 1. The van der Waals surface area contributed by atoms with Crippen LogP contribution >= 0.6 is 0 Å². The smallest absolute Gasteiger partial charge is 0.260 e. The predicted octanol–water partition coefficient (Wildman–Crippen LogP) is 1.30. The van der Waals surface area contributed by atoms with Gasteiger partial charge < -0.3 is 5.32 Å². The van der Waals surface area contributed by atoms with E-state index in [-0.39, 0.29) is 17.9 Å². The highest BCUT2D eigenvalue weighted by atomic mass is 16.5. The van der Waals surface area contributed by atoms with E-state index in [4.69, 9.17) is 5.21 Å². The average Bonchev–Trinajstić information content (AvgIpc) is 2.16. The molecule has 0 fully saturated rings. The summed E-state index contributed by atoms with van der Waals surface area (Å²) in [6, 6.07) is -0.295. The van der Waals surface area contributed by atoms with E-state index < -0.39 is 0 Å². The Balaban J connectivity index is 3.80. The van der Waals surface area contributed by atoms with Crippen LogP contribution in [0.15, 0.2) is 0 Å². The Hall–Kier alpha value is -0.610. The maximum absolute atomic E-state index is 11.2. The van der Waals surface area contributed by atoms with Gasteiger partial charge in [0.2, 0.25) is 0 Å². The molecule has 1 unspecified atom stereocenters. The van der Waals surface area contributed by atoms with Gasteiger partial charge in [0.15, 0.2) is 0 Å². The zero-order chi connectivity index (χ0) is 11.0. The average molecular weight is 202 g/mol. The van der Waals surface area contributed by atoms with Crippen molar-refractivity contribution < 1.29 is 10.0 Å². The first-order valence-corrected chi connectivity index (χ1v) is 5.30. The number of hydrogen-bond donors (Lipinski definition) is 3. The van der Waals surface area contributed by atoms with E-state index in [2.05, 4.69) is 12.2 Å². The van der Waals surface area contributed by atoms with Gasteiger partial charge in [0.1, 0.15) is 0 Å². The monoisotopic (exact) mass is 202 g/mol. The van der Waals surface area contributed by atoms with E-state index in [0.717, 1.165) is 13.0 Å². The van der Waals surface area contributed by atoms with Gasteiger partial charge in [-0.3, -0.25) is 10.0 Å². The molecule has 4 nitrogen and oxygen atoms in total. The van der Waals surface area contributed by atoms with Crippen LogP contribution in [0.1, 0.15) is 40.0 Å². The highest BCUT2D eigenvalue weighted by molar-refractivity contribution is 5.80. The van der Waals surface area contributed by atoms with Crippen molar-refractivity contribution in [2.24, 2.45) is 5.92 Å². The molecular weight excluding hydrogens is 180 g/mol. The van der Waals surface area contributed by atoms with Crippen molar-refractivity contribution in [1.29, 1.82) is 0 Å². The minimum absolute atomic E-state index is 0.184. The fraction of sp³-hybridized carbons (Fsp3) is 0.900. The third kappa shape index (κ3) is 5.19. The fourth-order valence-corrected chi connectivity index (χ4v) is 1.33. The molecule has 0 aliphatic carbocycles. The predicted molar refractivity (Wildman–Crippen MR) is 56.1 cm³/mol. The minimum Gasteiger partial charge on any atom is -0.306 e. The SMILES string of the molecule is CCCCCNC(C(=O)NO)C(C)C. The molecule has 0 aromatic heterocycles. The summed E-state index contributed by atoms with van der Waals surface area (Å²) < 4.78 is 0. The summed E-state index contributed by atoms with van der Waals surface area (Å²) in [5.41, 5.74) is 1.69. The molecular formula is C10H22N2O2. The molecule has 0 spiro atoms. The van der Waals surface area contributed by atoms with Crippen LogP contribution in [0.2, 0.25) is 0 Å². The Labute approximate surface area is 86.0 Å². The summed E-state index contributed by atoms with van der Waals surface area (Å²) in [5.74, 6) is -0.166. The van der Waals surface area contributed by atoms with Crippen molar-refractivity contribution in [2.45, 2.75) is 46.1 Å². The van der Waals surface area contributed by atoms with Crippen LogP contribution in [0.3, 0.4) is 0 Å². The summed E-state index contributed by atoms with van der Waals surface area (Å²) in [4.78, 5) is 11.2. The zero-order valence-electron chi connectivity index (χ0n) is 9.34. The zero-order valence-corrected chi connectivity index (χ0v) is 9.34. The van der Waals surface area contributed by atoms with Crippen molar-refractivity contribution in [3.05, 3.63) is 0 Å². The molecule has 0 heterocycles. The maximum atomic E-state index is 11.2. The third-order valence-corrected chi connectivity index (χ3v) is 2.20. The Kier molecular flexibility index (Phi) is 7.42. The summed E-state index contributed by atoms with van der Waals surface area (Å²) >= 11 is 0. The van der Waals surface area contributed by atoms with Gasteiger partial charge in [-0.05, 0) is 18.9 Å². The lowest BCUT2D eigenvalue weighted by Crippen LogP contribution is -2.46. The van der Waals surface area contributed by atoms with Crippen LogP contribution in [0.25, 0.3) is 0 Å². The molecule has 0 aliphatic heterocycles. The number of nitrogens with one attached hydrogen (secondary N) is 2. The second kappa shape index (κ2) is 7.76. The van der Waals surface area contributed by atoms with Crippen LogP contribution in [0, 0.1) is 5.92 Å². The number of rotatable bonds is 7. The summed E-state index contributed by atoms with van der Waals surface area (Å²) in [5, 5.41) is 11.6. The van der Waals surface area contributed by atoms with Crippen LogP contribution in [0.5, 0.6) is 0 Å². The topological polar surface area (TPSA) is 61.4 Å². The second-order valence-electron chi connectivity index (χ2n) is 3.86. The van der Waals surface area contributed by atoms with Crippen LogP contribution in [-0.4, -0.2) is 23.7 Å². The Morgan fingerprint density at radius 3 is 2.43 bits per heavy atom. The summed E-state index contributed by atoms with van der Waals surface area (Å²) in [6.07, 6.45) is 3.40. The lowest BCUT2D eigenvalue weighted by Gasteiger charge is -2.19. The molecule has 0 bridgehead atoms. The molecule has 0 rings (SSSR count). The molecule has 0 aliphatic rings. The first-order chi connectivity index (χ1) is 6.63. The molecule has 0 radical (unpaired) electrons. The first-order valence-electron chi connectivity index (χ1n) is 5.30. The Morgan fingerprint density at radius 1 is 1.36 bits per heavy atom. The van der Waals surface area contributed by atoms with Crippen molar-refractivity contribution >= 4 is 5.91 Å². The molecule has 84 valence electrons. The van der Waals surface area contributed by atoms with E-state index in [1.54, 1.807) is 5.48 Å². The van der Waals surface area contributed by atoms with Gasteiger partial charge in [-0.25, -0.2) is 5.48 Å². The van der Waals surface area contributed by atoms with E-state index >= 15 is 0 Å². The van der Waals surface area contributed by atoms with Crippen molar-refractivity contribution in [2.75, 3.05) is 6.54 Å². The quantitative estimate of drug-likeness (QED) is 0.331. The maximum Gasteiger partial charge on any atom is 0.260 e. The number of hydroxylamine groups is 1. The first kappa shape index (κ1) is 13.4. The standard InChI is InChI=1S/C10H22N2O2/c1-4-5-6-7-11-9(8(2)3)10(13)12-14/h8-9,11,14H,4-7H2,1-3H3,(H,12,13). The molecule has 4 heteroatoms. The van der Waals surface area contributed by atoms with Crippen molar-refractivity contribution in [3.8, 4) is 0 Å². The molecule has 1 atom stereocenters. The molecule has 0 aromatic carbocycles. The van der Waals surface area contributed by atoms with Gasteiger partial charge in [0.25, 0.3) is 5.91 Å². The van der Waals surface area contributed by atoms with Gasteiger partial charge >= 0.3 is 0 Å². The molecule has 0 saturated carbocycles. The van der Waals surface area contributed by atoms with Gasteiger partial charge in [-0.15, -0.1) is 0 Å². The lowest BCUT2D eigenvalue weighted by molar-refractivity contribution is -0.132. The van der Waals surface area contributed by atoms with Crippen molar-refractivity contribution in [1.82, 2.24) is 10.8 Å². The van der Waals surface area contributed by atoms with E-state index in [9.17, 15) is 4.79 Å². The third-order valence-electron chi connectivity index (χ3n) is 2.20. The van der Waals surface area contributed by atoms with E-state index in [1.807, 2.05) is 13.8 Å². The number of unbranched alkanes of at least 4 members (excludes halogenated alkanes) is 2. The van der Waals surface area contributed by atoms with Crippen LogP contribution < -0.4 is 10.8 Å². The number of hydrogen-bond acceptors (Lipinski definition) is 3. The van der Waals surface area contributed by atoms with Gasteiger partial charge in [0, 0.05) is 0 Å². The number of carbonyl (C=O) groups is 1. The molecule has 0 aromatic rings. The number of carbonyl (C=O) groups excluding carboxylic acids is 1. The summed E-state index contributed by atoms with van der Waals surface area (Å²) in [7, 11) is 0.